The second kappa shape index (κ2) is 6.24. The average molecular weight is 342 g/mol. The number of aromatic nitrogens is 3. The van der Waals surface area contributed by atoms with Crippen molar-refractivity contribution < 1.29 is 4.79 Å². The number of benzene rings is 1. The van der Waals surface area contributed by atoms with Gasteiger partial charge >= 0.3 is 0 Å². The maximum atomic E-state index is 11.9. The first kappa shape index (κ1) is 15.7. The van der Waals surface area contributed by atoms with Gasteiger partial charge in [0.25, 0.3) is 5.91 Å². The third-order valence-electron chi connectivity index (χ3n) is 4.52. The van der Waals surface area contributed by atoms with E-state index >= 15 is 0 Å². The lowest BCUT2D eigenvalue weighted by atomic mass is 10.1. The zero-order valence-electron chi connectivity index (χ0n) is 14.1. The Bertz CT molecular complexity index is 745. The first-order valence-electron chi connectivity index (χ1n) is 8.51. The number of thioether (sulfide) groups is 1. The molecule has 2 aliphatic rings. The molecule has 1 aromatic carbocycles. The lowest BCUT2D eigenvalue weighted by Crippen LogP contribution is -2.21. The second-order valence-electron chi connectivity index (χ2n) is 6.90. The van der Waals surface area contributed by atoms with Crippen molar-refractivity contribution in [2.45, 2.75) is 48.6 Å². The van der Waals surface area contributed by atoms with Crippen molar-refractivity contribution in [2.24, 2.45) is 0 Å². The van der Waals surface area contributed by atoms with Gasteiger partial charge in [0.05, 0.1) is 0 Å². The van der Waals surface area contributed by atoms with E-state index in [0.717, 1.165) is 16.5 Å². The molecular weight excluding hydrogens is 320 g/mol. The molecule has 0 atom stereocenters. The molecule has 24 heavy (non-hydrogen) atoms. The smallest absolute Gasteiger partial charge is 0.253 e. The largest absolute Gasteiger partial charge is 0.345 e. The SMILES string of the molecule is CN(C)C(=O)c1ccc(CSc2nnc(C3CC3)n2C2CC2)cc1. The van der Waals surface area contributed by atoms with Crippen molar-refractivity contribution in [1.82, 2.24) is 19.7 Å². The van der Waals surface area contributed by atoms with E-state index in [9.17, 15) is 4.79 Å². The highest BCUT2D eigenvalue weighted by atomic mass is 32.2. The molecule has 0 unspecified atom stereocenters. The van der Waals surface area contributed by atoms with Gasteiger partial charge in [-0.15, -0.1) is 10.2 Å². The molecule has 1 heterocycles. The van der Waals surface area contributed by atoms with Crippen LogP contribution in [0.5, 0.6) is 0 Å². The summed E-state index contributed by atoms with van der Waals surface area (Å²) in [4.78, 5) is 13.5. The summed E-state index contributed by atoms with van der Waals surface area (Å²) >= 11 is 1.75. The van der Waals surface area contributed by atoms with E-state index in [1.54, 1.807) is 30.8 Å². The van der Waals surface area contributed by atoms with Crippen LogP contribution in [-0.2, 0) is 5.75 Å². The summed E-state index contributed by atoms with van der Waals surface area (Å²) < 4.78 is 2.38. The number of carbonyl (C=O) groups excluding carboxylic acids is 1. The second-order valence-corrected chi connectivity index (χ2v) is 7.84. The molecular formula is C18H22N4OS. The van der Waals surface area contributed by atoms with Gasteiger partial charge in [-0.25, -0.2) is 0 Å². The predicted molar refractivity (Wildman–Crippen MR) is 94.3 cm³/mol. The Kier molecular flexibility index (Phi) is 4.08. The molecule has 6 heteroatoms. The molecule has 1 amide bonds. The highest BCUT2D eigenvalue weighted by Crippen LogP contribution is 2.46. The highest BCUT2D eigenvalue weighted by molar-refractivity contribution is 7.98. The molecule has 0 bridgehead atoms. The summed E-state index contributed by atoms with van der Waals surface area (Å²) in [6.07, 6.45) is 5.03. The van der Waals surface area contributed by atoms with E-state index in [0.29, 0.717) is 12.0 Å². The standard InChI is InChI=1S/C18H22N4OS/c1-21(2)17(23)14-5-3-12(4-6-14)11-24-18-20-19-16(13-7-8-13)22(18)15-9-10-15/h3-6,13,15H,7-11H2,1-2H3. The Hall–Kier alpha value is -1.82. The first-order chi connectivity index (χ1) is 11.6. The molecule has 0 aliphatic heterocycles. The van der Waals surface area contributed by atoms with E-state index in [1.807, 2.05) is 24.3 Å². The Morgan fingerprint density at radius 1 is 1.17 bits per heavy atom. The Morgan fingerprint density at radius 3 is 2.46 bits per heavy atom. The average Bonchev–Trinajstić information content (AvgIpc) is 3.51. The summed E-state index contributed by atoms with van der Waals surface area (Å²) in [5, 5.41) is 9.94. The number of amides is 1. The van der Waals surface area contributed by atoms with Gasteiger partial charge in [0.1, 0.15) is 5.82 Å². The zero-order chi connectivity index (χ0) is 16.7. The number of carbonyl (C=O) groups is 1. The number of hydrogen-bond acceptors (Lipinski definition) is 4. The minimum Gasteiger partial charge on any atom is -0.345 e. The van der Waals surface area contributed by atoms with E-state index in [2.05, 4.69) is 14.8 Å². The van der Waals surface area contributed by atoms with Gasteiger partial charge in [-0.05, 0) is 43.4 Å². The van der Waals surface area contributed by atoms with Crippen LogP contribution < -0.4 is 0 Å². The summed E-state index contributed by atoms with van der Waals surface area (Å²) in [7, 11) is 3.54. The van der Waals surface area contributed by atoms with Crippen molar-refractivity contribution in [3.63, 3.8) is 0 Å². The van der Waals surface area contributed by atoms with Crippen LogP contribution >= 0.6 is 11.8 Å². The topological polar surface area (TPSA) is 51.0 Å². The monoisotopic (exact) mass is 342 g/mol. The lowest BCUT2D eigenvalue weighted by molar-refractivity contribution is 0.0827. The fourth-order valence-electron chi connectivity index (χ4n) is 2.83. The molecule has 2 aliphatic carbocycles. The van der Waals surface area contributed by atoms with E-state index in [1.165, 1.54) is 37.1 Å². The first-order valence-corrected chi connectivity index (χ1v) is 9.50. The molecule has 0 radical (unpaired) electrons. The number of rotatable bonds is 6. The maximum absolute atomic E-state index is 11.9. The molecule has 2 fully saturated rings. The molecule has 2 saturated carbocycles. The van der Waals surface area contributed by atoms with Crippen LogP contribution in [0.2, 0.25) is 0 Å². The third-order valence-corrected chi connectivity index (χ3v) is 5.53. The van der Waals surface area contributed by atoms with Crippen LogP contribution in [0.4, 0.5) is 0 Å². The van der Waals surface area contributed by atoms with Crippen LogP contribution in [-0.4, -0.2) is 39.7 Å². The van der Waals surface area contributed by atoms with Crippen LogP contribution in [0.3, 0.4) is 0 Å². The molecule has 2 aromatic rings. The normalized spacial score (nSPS) is 17.1. The molecule has 126 valence electrons. The van der Waals surface area contributed by atoms with E-state index in [-0.39, 0.29) is 5.91 Å². The zero-order valence-corrected chi connectivity index (χ0v) is 14.9. The van der Waals surface area contributed by atoms with E-state index < -0.39 is 0 Å². The van der Waals surface area contributed by atoms with Crippen molar-refractivity contribution >= 4 is 17.7 Å². The van der Waals surface area contributed by atoms with Crippen LogP contribution in [0, 0.1) is 0 Å². The Morgan fingerprint density at radius 2 is 1.88 bits per heavy atom. The minimum absolute atomic E-state index is 0.0387. The number of nitrogens with zero attached hydrogens (tertiary/aromatic N) is 4. The summed E-state index contributed by atoms with van der Waals surface area (Å²) in [5.41, 5.74) is 1.93. The van der Waals surface area contributed by atoms with Gasteiger partial charge in [0.2, 0.25) is 0 Å². The Balaban J connectivity index is 1.44. The van der Waals surface area contributed by atoms with Crippen molar-refractivity contribution in [3.8, 4) is 0 Å². The van der Waals surface area contributed by atoms with Gasteiger partial charge in [-0.3, -0.25) is 4.79 Å². The fraction of sp³-hybridized carbons (Fsp3) is 0.500. The van der Waals surface area contributed by atoms with E-state index in [4.69, 9.17) is 0 Å². The molecule has 0 spiro atoms. The predicted octanol–water partition coefficient (Wildman–Crippen LogP) is 3.48. The van der Waals surface area contributed by atoms with Gasteiger partial charge < -0.3 is 9.47 Å². The van der Waals surface area contributed by atoms with Crippen molar-refractivity contribution in [1.29, 1.82) is 0 Å². The molecule has 0 saturated heterocycles. The van der Waals surface area contributed by atoms with Crippen LogP contribution in [0.1, 0.15) is 59.4 Å². The maximum Gasteiger partial charge on any atom is 0.253 e. The number of hydrogen-bond donors (Lipinski definition) is 0. The fourth-order valence-corrected chi connectivity index (χ4v) is 3.80. The molecule has 5 nitrogen and oxygen atoms in total. The lowest BCUT2D eigenvalue weighted by Gasteiger charge is -2.11. The minimum atomic E-state index is 0.0387. The van der Waals surface area contributed by atoms with Gasteiger partial charge in [0.15, 0.2) is 5.16 Å². The van der Waals surface area contributed by atoms with Crippen LogP contribution in [0.15, 0.2) is 29.4 Å². The van der Waals surface area contributed by atoms with Crippen molar-refractivity contribution in [2.75, 3.05) is 14.1 Å². The third kappa shape index (κ3) is 3.20. The molecule has 4 rings (SSSR count). The Labute approximate surface area is 146 Å². The van der Waals surface area contributed by atoms with Crippen molar-refractivity contribution in [3.05, 3.63) is 41.2 Å². The van der Waals surface area contributed by atoms with Crippen LogP contribution in [0.25, 0.3) is 0 Å². The summed E-state index contributed by atoms with van der Waals surface area (Å²) in [6, 6.07) is 8.49. The van der Waals surface area contributed by atoms with Gasteiger partial charge in [-0.1, -0.05) is 23.9 Å². The van der Waals surface area contributed by atoms with Gasteiger partial charge in [-0.2, -0.15) is 0 Å². The highest BCUT2D eigenvalue weighted by Gasteiger charge is 2.36. The van der Waals surface area contributed by atoms with Gasteiger partial charge in [0, 0.05) is 37.4 Å². The molecule has 0 N–H and O–H groups in total. The quantitative estimate of drug-likeness (QED) is 0.754. The summed E-state index contributed by atoms with van der Waals surface area (Å²) in [6.45, 7) is 0. The molecule has 1 aromatic heterocycles. The summed E-state index contributed by atoms with van der Waals surface area (Å²) in [5.74, 6) is 2.74.